The number of unbranched alkanes of at least 4 members (excludes halogenated alkanes) is 3. The van der Waals surface area contributed by atoms with Crippen LogP contribution in [-0.2, 0) is 32.0 Å². The van der Waals surface area contributed by atoms with Crippen molar-refractivity contribution in [1.82, 2.24) is 20.1 Å². The zero-order valence-corrected chi connectivity index (χ0v) is 26.6. The number of esters is 1. The van der Waals surface area contributed by atoms with Crippen LogP contribution in [0.5, 0.6) is 0 Å². The number of rotatable bonds is 12. The lowest BCUT2D eigenvalue weighted by Gasteiger charge is -2.51. The van der Waals surface area contributed by atoms with Gasteiger partial charge in [0.15, 0.2) is 0 Å². The molecule has 2 N–H and O–H groups in total. The number of H-pyrrole nitrogens is 1. The zero-order chi connectivity index (χ0) is 31.2. The number of carbonyl (C=O) groups excluding carboxylic acids is 3. The van der Waals surface area contributed by atoms with Crippen molar-refractivity contribution in [3.05, 3.63) is 71.9 Å². The summed E-state index contributed by atoms with van der Waals surface area (Å²) in [7, 11) is 0. The maximum Gasteiger partial charge on any atom is 0.308 e. The first kappa shape index (κ1) is 31.8. The third-order valence-electron chi connectivity index (χ3n) is 9.08. The summed E-state index contributed by atoms with van der Waals surface area (Å²) in [5.74, 6) is -0.582. The number of hydrogen-bond acceptors (Lipinski definition) is 5. The van der Waals surface area contributed by atoms with E-state index in [1.165, 1.54) is 24.8 Å². The van der Waals surface area contributed by atoms with Crippen LogP contribution < -0.4 is 5.32 Å². The van der Waals surface area contributed by atoms with Crippen molar-refractivity contribution in [1.29, 1.82) is 0 Å². The van der Waals surface area contributed by atoms with E-state index in [1.54, 1.807) is 4.90 Å². The number of amides is 2. The molecule has 2 fully saturated rings. The van der Waals surface area contributed by atoms with Gasteiger partial charge in [0.1, 0.15) is 17.2 Å². The van der Waals surface area contributed by atoms with Crippen LogP contribution in [0, 0.1) is 0 Å². The molecule has 3 heterocycles. The van der Waals surface area contributed by atoms with Gasteiger partial charge in [-0.15, -0.1) is 0 Å². The molecule has 1 aromatic heterocycles. The summed E-state index contributed by atoms with van der Waals surface area (Å²) in [4.78, 5) is 48.1. The van der Waals surface area contributed by atoms with Crippen molar-refractivity contribution in [2.45, 2.75) is 95.7 Å². The lowest BCUT2D eigenvalue weighted by molar-refractivity contribution is -0.164. The minimum atomic E-state index is -0.942. The van der Waals surface area contributed by atoms with E-state index in [-0.39, 0.29) is 30.7 Å². The molecule has 0 saturated carbocycles. The van der Waals surface area contributed by atoms with Crippen molar-refractivity contribution in [3.8, 4) is 0 Å². The second-order valence-electron chi connectivity index (χ2n) is 13.4. The minimum Gasteiger partial charge on any atom is -0.460 e. The van der Waals surface area contributed by atoms with Crippen molar-refractivity contribution in [3.63, 3.8) is 0 Å². The van der Waals surface area contributed by atoms with E-state index >= 15 is 0 Å². The minimum absolute atomic E-state index is 0.0601. The standard InChI is InChI=1S/C36H48N4O4/c1-35(2,3)44-32(41)18-22-40-33(42)31(25-28-26-37-30-17-11-10-16-29(28)30)38-34(43)36(40)19-23-39(24-20-36)21-12-5-4-7-13-27-14-8-6-9-15-27/h6,8-11,14-17,26,31,37H,4-5,7,12-13,18-25H2,1-3H3,(H,38,43). The van der Waals surface area contributed by atoms with Gasteiger partial charge in [-0.3, -0.25) is 14.4 Å². The number of hydrogen-bond donors (Lipinski definition) is 2. The Balaban J connectivity index is 1.20. The predicted octanol–water partition coefficient (Wildman–Crippen LogP) is 5.41. The first-order valence-electron chi connectivity index (χ1n) is 16.3. The Morgan fingerprint density at radius 3 is 2.39 bits per heavy atom. The normalized spacial score (nSPS) is 19.0. The number of aryl methyl sites for hydroxylation is 1. The van der Waals surface area contributed by atoms with E-state index < -0.39 is 17.2 Å². The summed E-state index contributed by atoms with van der Waals surface area (Å²) < 4.78 is 5.55. The monoisotopic (exact) mass is 600 g/mol. The van der Waals surface area contributed by atoms with Gasteiger partial charge in [-0.2, -0.15) is 0 Å². The van der Waals surface area contributed by atoms with E-state index in [2.05, 4.69) is 45.5 Å². The van der Waals surface area contributed by atoms with Gasteiger partial charge >= 0.3 is 5.97 Å². The SMILES string of the molecule is CC(C)(C)OC(=O)CCN1C(=O)C(Cc2c[nH]c3ccccc23)NC(=O)C12CCN(CCCCCCc1ccccc1)CC2. The molecule has 0 radical (unpaired) electrons. The number of benzene rings is 2. The maximum absolute atomic E-state index is 14.1. The number of nitrogens with one attached hydrogen (secondary N) is 2. The lowest BCUT2D eigenvalue weighted by atomic mass is 9.81. The van der Waals surface area contributed by atoms with Crippen LogP contribution in [0.3, 0.4) is 0 Å². The molecule has 44 heavy (non-hydrogen) atoms. The van der Waals surface area contributed by atoms with Gasteiger partial charge < -0.3 is 24.8 Å². The number of nitrogens with zero attached hydrogens (tertiary/aromatic N) is 2. The smallest absolute Gasteiger partial charge is 0.308 e. The van der Waals surface area contributed by atoms with Gasteiger partial charge in [0, 0.05) is 43.2 Å². The molecular weight excluding hydrogens is 552 g/mol. The highest BCUT2D eigenvalue weighted by Gasteiger charge is 2.53. The summed E-state index contributed by atoms with van der Waals surface area (Å²) in [6.45, 7) is 8.18. The van der Waals surface area contributed by atoms with Crippen LogP contribution in [0.4, 0.5) is 0 Å². The number of fused-ring (bicyclic) bond motifs is 1. The highest BCUT2D eigenvalue weighted by atomic mass is 16.6. The van der Waals surface area contributed by atoms with Crippen LogP contribution in [0.1, 0.15) is 76.8 Å². The Morgan fingerprint density at radius 2 is 1.64 bits per heavy atom. The molecule has 1 spiro atoms. The molecule has 8 heteroatoms. The van der Waals surface area contributed by atoms with Crippen molar-refractivity contribution < 1.29 is 19.1 Å². The van der Waals surface area contributed by atoms with E-state index in [1.807, 2.05) is 51.2 Å². The molecule has 2 aliphatic rings. The number of aromatic amines is 1. The summed E-state index contributed by atoms with van der Waals surface area (Å²) in [6.07, 6.45) is 9.33. The van der Waals surface area contributed by atoms with Gasteiger partial charge in [-0.25, -0.2) is 0 Å². The van der Waals surface area contributed by atoms with Gasteiger partial charge in [0.05, 0.1) is 6.42 Å². The molecule has 2 aliphatic heterocycles. The number of para-hydroxylation sites is 1. The fourth-order valence-corrected chi connectivity index (χ4v) is 6.76. The Labute approximate surface area is 261 Å². The molecule has 0 aliphatic carbocycles. The van der Waals surface area contributed by atoms with E-state index in [9.17, 15) is 14.4 Å². The molecular formula is C36H48N4O4. The Morgan fingerprint density at radius 1 is 0.932 bits per heavy atom. The fraction of sp³-hybridized carbons (Fsp3) is 0.528. The first-order valence-corrected chi connectivity index (χ1v) is 16.3. The molecule has 2 saturated heterocycles. The predicted molar refractivity (Wildman–Crippen MR) is 173 cm³/mol. The van der Waals surface area contributed by atoms with E-state index in [0.29, 0.717) is 19.3 Å². The number of carbonyl (C=O) groups is 3. The van der Waals surface area contributed by atoms with E-state index in [4.69, 9.17) is 4.74 Å². The molecule has 5 rings (SSSR count). The molecule has 2 amide bonds. The highest BCUT2D eigenvalue weighted by molar-refractivity contribution is 6.00. The maximum atomic E-state index is 14.1. The number of piperazine rings is 1. The Hall–Kier alpha value is -3.65. The summed E-state index contributed by atoms with van der Waals surface area (Å²) in [5.41, 5.74) is 1.83. The quantitative estimate of drug-likeness (QED) is 0.214. The number of ether oxygens (including phenoxy) is 1. The van der Waals surface area contributed by atoms with Crippen molar-refractivity contribution >= 4 is 28.7 Å². The zero-order valence-electron chi connectivity index (χ0n) is 26.6. The van der Waals surface area contributed by atoms with Crippen LogP contribution in [-0.4, -0.2) is 75.9 Å². The van der Waals surface area contributed by atoms with Gasteiger partial charge in [-0.05, 0) is 76.6 Å². The summed E-state index contributed by atoms with van der Waals surface area (Å²) in [5, 5.41) is 4.15. The van der Waals surface area contributed by atoms with Crippen molar-refractivity contribution in [2.24, 2.45) is 0 Å². The first-order chi connectivity index (χ1) is 21.1. The van der Waals surface area contributed by atoms with Crippen LogP contribution in [0.2, 0.25) is 0 Å². The third kappa shape index (κ3) is 7.70. The molecule has 3 aromatic rings. The Kier molecular flexibility index (Phi) is 10.1. The summed E-state index contributed by atoms with van der Waals surface area (Å²) >= 11 is 0. The lowest BCUT2D eigenvalue weighted by Crippen LogP contribution is -2.73. The molecule has 1 unspecified atom stereocenters. The van der Waals surface area contributed by atoms with Crippen LogP contribution in [0.15, 0.2) is 60.8 Å². The molecule has 2 aromatic carbocycles. The van der Waals surface area contributed by atoms with Crippen molar-refractivity contribution in [2.75, 3.05) is 26.2 Å². The second-order valence-corrected chi connectivity index (χ2v) is 13.4. The largest absolute Gasteiger partial charge is 0.460 e. The molecule has 0 bridgehead atoms. The topological polar surface area (TPSA) is 94.7 Å². The molecule has 1 atom stereocenters. The number of likely N-dealkylation sites (tertiary alicyclic amines) is 1. The molecule has 236 valence electrons. The van der Waals surface area contributed by atoms with Crippen LogP contribution >= 0.6 is 0 Å². The third-order valence-corrected chi connectivity index (χ3v) is 9.08. The van der Waals surface area contributed by atoms with Gasteiger partial charge in [0.2, 0.25) is 11.8 Å². The molecule has 8 nitrogen and oxygen atoms in total. The number of piperidine rings is 1. The van der Waals surface area contributed by atoms with E-state index in [0.717, 1.165) is 48.9 Å². The van der Waals surface area contributed by atoms with Gasteiger partial charge in [-0.1, -0.05) is 61.4 Å². The highest BCUT2D eigenvalue weighted by Crippen LogP contribution is 2.34. The fourth-order valence-electron chi connectivity index (χ4n) is 6.76. The average molecular weight is 601 g/mol. The summed E-state index contributed by atoms with van der Waals surface area (Å²) in [6, 6.07) is 17.9. The second kappa shape index (κ2) is 14.0. The number of aromatic nitrogens is 1. The van der Waals surface area contributed by atoms with Gasteiger partial charge in [0.25, 0.3) is 0 Å². The Bertz CT molecular complexity index is 1420. The average Bonchev–Trinajstić information content (AvgIpc) is 3.41. The van der Waals surface area contributed by atoms with Crippen LogP contribution in [0.25, 0.3) is 10.9 Å².